The maximum Gasteiger partial charge on any atom is 0.410 e. The Kier molecular flexibility index (Phi) is 8.51. The van der Waals surface area contributed by atoms with Gasteiger partial charge in [0, 0.05) is 40.3 Å². The summed E-state index contributed by atoms with van der Waals surface area (Å²) in [6, 6.07) is 9.44. The average molecular weight is 619 g/mol. The molecule has 1 aliphatic heterocycles. The number of aliphatic hydroxyl groups is 1. The van der Waals surface area contributed by atoms with Crippen LogP contribution in [0.4, 0.5) is 14.9 Å². The first kappa shape index (κ1) is 30.3. The number of amides is 2. The van der Waals surface area contributed by atoms with Crippen LogP contribution in [0.5, 0.6) is 0 Å². The monoisotopic (exact) mass is 617 g/mol. The number of likely N-dealkylation sites (tertiary alicyclic amines) is 1. The number of hydrogen-bond acceptors (Lipinski definition) is 6. The second-order valence-corrected chi connectivity index (χ2v) is 13.0. The Labute approximate surface area is 253 Å². The quantitative estimate of drug-likeness (QED) is 0.342. The van der Waals surface area contributed by atoms with Gasteiger partial charge in [0.2, 0.25) is 5.91 Å². The van der Waals surface area contributed by atoms with Crippen LogP contribution in [0.2, 0.25) is 10.0 Å². The molecule has 2 fully saturated rings. The summed E-state index contributed by atoms with van der Waals surface area (Å²) in [6.45, 7) is 6.84. The van der Waals surface area contributed by atoms with Gasteiger partial charge in [0.1, 0.15) is 17.1 Å². The van der Waals surface area contributed by atoms with Gasteiger partial charge < -0.3 is 20.1 Å². The molecule has 0 bridgehead atoms. The minimum atomic E-state index is -0.943. The van der Waals surface area contributed by atoms with Gasteiger partial charge in [0.15, 0.2) is 0 Å². The summed E-state index contributed by atoms with van der Waals surface area (Å²) in [7, 11) is 0. The van der Waals surface area contributed by atoms with E-state index < -0.39 is 17.0 Å². The first-order valence-electron chi connectivity index (χ1n) is 13.9. The first-order valence-corrected chi connectivity index (χ1v) is 14.7. The zero-order valence-electron chi connectivity index (χ0n) is 23.7. The highest BCUT2D eigenvalue weighted by Gasteiger charge is 2.51. The van der Waals surface area contributed by atoms with Crippen LogP contribution >= 0.6 is 23.2 Å². The summed E-state index contributed by atoms with van der Waals surface area (Å²) >= 11 is 12.2. The van der Waals surface area contributed by atoms with E-state index in [0.29, 0.717) is 66.7 Å². The molecule has 3 aromatic rings. The number of piperidine rings is 1. The Morgan fingerprint density at radius 2 is 1.86 bits per heavy atom. The summed E-state index contributed by atoms with van der Waals surface area (Å²) in [5.74, 6) is -1.09. The van der Waals surface area contributed by atoms with E-state index in [1.165, 1.54) is 18.2 Å². The average Bonchev–Trinajstić information content (AvgIpc) is 3.37. The highest BCUT2D eigenvalue weighted by molar-refractivity contribution is 6.35. The fraction of sp³-hybridized carbons (Fsp3) is 0.467. The van der Waals surface area contributed by atoms with Crippen LogP contribution in [0.15, 0.2) is 42.6 Å². The highest BCUT2D eigenvalue weighted by atomic mass is 35.5. The topological polar surface area (TPSA) is 110 Å². The molecule has 2 amide bonds. The number of carbonyl (C=O) groups excluding carboxylic acids is 2. The molecule has 42 heavy (non-hydrogen) atoms. The lowest BCUT2D eigenvalue weighted by Crippen LogP contribution is -2.56. The maximum atomic E-state index is 14.7. The number of nitrogens with zero attached hydrogens (tertiary/aromatic N) is 4. The molecule has 1 aromatic heterocycles. The van der Waals surface area contributed by atoms with E-state index in [4.69, 9.17) is 27.9 Å². The minimum absolute atomic E-state index is 0.00280. The van der Waals surface area contributed by atoms with Crippen molar-refractivity contribution in [3.63, 3.8) is 0 Å². The number of aromatic nitrogens is 3. The van der Waals surface area contributed by atoms with Crippen molar-refractivity contribution in [2.75, 3.05) is 18.4 Å². The Balaban J connectivity index is 1.16. The van der Waals surface area contributed by atoms with Gasteiger partial charge in [-0.2, -0.15) is 0 Å². The van der Waals surface area contributed by atoms with Crippen LogP contribution in [-0.4, -0.2) is 61.3 Å². The van der Waals surface area contributed by atoms with Gasteiger partial charge in [0.25, 0.3) is 0 Å². The van der Waals surface area contributed by atoms with Crippen LogP contribution in [0.1, 0.15) is 52.0 Å². The van der Waals surface area contributed by atoms with Gasteiger partial charge >= 0.3 is 6.09 Å². The summed E-state index contributed by atoms with van der Waals surface area (Å²) in [5.41, 5.74) is 0.215. The number of nitrogens with one attached hydrogen (secondary N) is 1. The summed E-state index contributed by atoms with van der Waals surface area (Å²) in [4.78, 5) is 27.0. The van der Waals surface area contributed by atoms with E-state index in [2.05, 4.69) is 15.6 Å². The molecule has 2 N–H and O–H groups in total. The van der Waals surface area contributed by atoms with Crippen molar-refractivity contribution in [1.82, 2.24) is 19.9 Å². The highest BCUT2D eigenvalue weighted by Crippen LogP contribution is 2.47. The molecular weight excluding hydrogens is 584 g/mol. The summed E-state index contributed by atoms with van der Waals surface area (Å²) in [5, 5.41) is 23.3. The Morgan fingerprint density at radius 1 is 1.14 bits per heavy atom. The third-order valence-corrected chi connectivity index (χ3v) is 8.46. The van der Waals surface area contributed by atoms with Crippen LogP contribution in [0.25, 0.3) is 11.3 Å². The number of rotatable bonds is 6. The number of halogens is 3. The number of ether oxygens (including phenoxy) is 1. The van der Waals surface area contributed by atoms with Gasteiger partial charge in [0.05, 0.1) is 18.3 Å². The zero-order valence-corrected chi connectivity index (χ0v) is 25.3. The molecule has 5 rings (SSSR count). The largest absolute Gasteiger partial charge is 0.444 e. The van der Waals surface area contributed by atoms with Crippen molar-refractivity contribution < 1.29 is 23.8 Å². The SMILES string of the molecule is CC(C)(C)OC(=O)N1CCC(C2(O)CC(C(=O)Nc3ccc(F)c(-c4cn(Cc5ccc(Cl)cc5Cl)nn4)c3)C2)CC1. The van der Waals surface area contributed by atoms with Crippen molar-refractivity contribution in [1.29, 1.82) is 0 Å². The van der Waals surface area contributed by atoms with Crippen molar-refractivity contribution in [2.45, 2.75) is 64.2 Å². The summed E-state index contributed by atoms with van der Waals surface area (Å²) in [6.07, 6.45) is 3.24. The van der Waals surface area contributed by atoms with Crippen molar-refractivity contribution in [2.24, 2.45) is 11.8 Å². The number of carbonyl (C=O) groups is 2. The molecule has 1 saturated heterocycles. The van der Waals surface area contributed by atoms with Crippen LogP contribution in [0, 0.1) is 17.7 Å². The standard InChI is InChI=1S/C30H34Cl2FN5O4/c1-29(2,3)42-28(40)37-10-8-20(9-11-37)30(41)14-19(15-30)27(39)34-22-6-7-25(33)23(13-22)26-17-38(36-35-26)16-18-4-5-21(31)12-24(18)32/h4-7,12-13,17,19-20,41H,8-11,14-16H2,1-3H3,(H,34,39). The lowest BCUT2D eigenvalue weighted by Gasteiger charge is -2.50. The molecular formula is C30H34Cl2FN5O4. The van der Waals surface area contributed by atoms with E-state index in [9.17, 15) is 19.1 Å². The van der Waals surface area contributed by atoms with Crippen LogP contribution in [-0.2, 0) is 16.1 Å². The predicted octanol–water partition coefficient (Wildman–Crippen LogP) is 6.17. The molecule has 0 unspecified atom stereocenters. The van der Waals surface area contributed by atoms with E-state index in [-0.39, 0.29) is 29.4 Å². The fourth-order valence-corrected chi connectivity index (χ4v) is 6.07. The summed E-state index contributed by atoms with van der Waals surface area (Å²) < 4.78 is 21.7. The minimum Gasteiger partial charge on any atom is -0.444 e. The van der Waals surface area contributed by atoms with Crippen LogP contribution in [0.3, 0.4) is 0 Å². The van der Waals surface area contributed by atoms with Crippen molar-refractivity contribution in [3.05, 3.63) is 64.0 Å². The number of hydrogen-bond donors (Lipinski definition) is 2. The second kappa shape index (κ2) is 11.8. The zero-order chi connectivity index (χ0) is 30.2. The normalized spacial score (nSPS) is 21.1. The fourth-order valence-electron chi connectivity index (χ4n) is 5.61. The molecule has 0 atom stereocenters. The van der Waals surface area contributed by atoms with Gasteiger partial charge in [-0.05, 0) is 88.3 Å². The molecule has 2 aliphatic rings. The second-order valence-electron chi connectivity index (χ2n) is 12.2. The van der Waals surface area contributed by atoms with Crippen LogP contribution < -0.4 is 5.32 Å². The maximum absolute atomic E-state index is 14.7. The van der Waals surface area contributed by atoms with E-state index in [1.54, 1.807) is 34.0 Å². The third-order valence-electron chi connectivity index (χ3n) is 7.87. The molecule has 0 spiro atoms. The molecule has 12 heteroatoms. The van der Waals surface area contributed by atoms with Gasteiger partial charge in [-0.25, -0.2) is 13.9 Å². The molecule has 9 nitrogen and oxygen atoms in total. The molecule has 0 radical (unpaired) electrons. The number of anilines is 1. The van der Waals surface area contributed by atoms with E-state index >= 15 is 0 Å². The first-order chi connectivity index (χ1) is 19.8. The lowest BCUT2D eigenvalue weighted by molar-refractivity contribution is -0.151. The molecule has 2 heterocycles. The Morgan fingerprint density at radius 3 is 2.52 bits per heavy atom. The molecule has 2 aromatic carbocycles. The number of benzene rings is 2. The van der Waals surface area contributed by atoms with Crippen molar-refractivity contribution >= 4 is 40.9 Å². The van der Waals surface area contributed by atoms with Gasteiger partial charge in [-0.1, -0.05) is 34.5 Å². The van der Waals surface area contributed by atoms with Gasteiger partial charge in [-0.15, -0.1) is 5.10 Å². The molecule has 224 valence electrons. The van der Waals surface area contributed by atoms with E-state index in [0.717, 1.165) is 5.56 Å². The molecule has 1 aliphatic carbocycles. The smallest absolute Gasteiger partial charge is 0.410 e. The molecule has 1 saturated carbocycles. The third kappa shape index (κ3) is 6.88. The Hall–Kier alpha value is -3.21. The van der Waals surface area contributed by atoms with E-state index in [1.807, 2.05) is 20.8 Å². The lowest BCUT2D eigenvalue weighted by atomic mass is 9.62. The predicted molar refractivity (Wildman–Crippen MR) is 158 cm³/mol. The van der Waals surface area contributed by atoms with Gasteiger partial charge in [-0.3, -0.25) is 4.79 Å². The van der Waals surface area contributed by atoms with Crippen molar-refractivity contribution in [3.8, 4) is 11.3 Å². The Bertz CT molecular complexity index is 1480.